The van der Waals surface area contributed by atoms with Gasteiger partial charge in [-0.1, -0.05) is 12.1 Å². The molecule has 0 saturated carbocycles. The molecule has 2 N–H and O–H groups in total. The van der Waals surface area contributed by atoms with Gasteiger partial charge in [0, 0.05) is 25.0 Å². The van der Waals surface area contributed by atoms with Crippen LogP contribution in [0.3, 0.4) is 0 Å². The van der Waals surface area contributed by atoms with Crippen molar-refractivity contribution in [3.8, 4) is 5.75 Å². The number of nitrogens with one attached hydrogen (secondary N) is 2. The lowest BCUT2D eigenvalue weighted by Gasteiger charge is -2.28. The van der Waals surface area contributed by atoms with Gasteiger partial charge in [-0.05, 0) is 55.7 Å². The largest absolute Gasteiger partial charge is 0.497 e. The summed E-state index contributed by atoms with van der Waals surface area (Å²) < 4.78 is 5.14. The number of piperidine rings is 1. The number of hydrogen-bond acceptors (Lipinski definition) is 3. The van der Waals surface area contributed by atoms with E-state index in [9.17, 15) is 4.79 Å². The fourth-order valence-corrected chi connectivity index (χ4v) is 3.81. The van der Waals surface area contributed by atoms with E-state index in [1.807, 2.05) is 12.1 Å². The molecule has 2 aliphatic rings. The molecule has 2 unspecified atom stereocenters. The molecule has 3 rings (SSSR count). The SMILES string of the molecule is COc1ccc(CCNC(=O)CC2CC3CCC(C2)N3)cc1.Cl. The van der Waals surface area contributed by atoms with Gasteiger partial charge in [0.05, 0.1) is 7.11 Å². The van der Waals surface area contributed by atoms with Crippen LogP contribution in [-0.2, 0) is 11.2 Å². The van der Waals surface area contributed by atoms with Gasteiger partial charge in [0.2, 0.25) is 5.91 Å². The highest BCUT2D eigenvalue weighted by Crippen LogP contribution is 2.32. The highest BCUT2D eigenvalue weighted by Gasteiger charge is 2.33. The lowest BCUT2D eigenvalue weighted by molar-refractivity contribution is -0.122. The molecule has 0 aliphatic carbocycles. The van der Waals surface area contributed by atoms with E-state index in [2.05, 4.69) is 22.8 Å². The summed E-state index contributed by atoms with van der Waals surface area (Å²) in [5.41, 5.74) is 1.22. The molecule has 1 amide bonds. The Morgan fingerprint density at radius 2 is 1.87 bits per heavy atom. The van der Waals surface area contributed by atoms with Crippen molar-refractivity contribution in [3.63, 3.8) is 0 Å². The van der Waals surface area contributed by atoms with Gasteiger partial charge in [-0.3, -0.25) is 4.79 Å². The van der Waals surface area contributed by atoms with Crippen LogP contribution in [0.25, 0.3) is 0 Å². The first-order chi connectivity index (χ1) is 10.7. The Hall–Kier alpha value is -1.26. The molecule has 2 atom stereocenters. The van der Waals surface area contributed by atoms with Crippen LogP contribution < -0.4 is 15.4 Å². The van der Waals surface area contributed by atoms with Gasteiger partial charge in [-0.25, -0.2) is 0 Å². The molecular weight excluding hydrogens is 312 g/mol. The number of fused-ring (bicyclic) bond motifs is 2. The summed E-state index contributed by atoms with van der Waals surface area (Å²) in [6.45, 7) is 0.711. The molecule has 2 bridgehead atoms. The van der Waals surface area contributed by atoms with Gasteiger partial charge in [-0.15, -0.1) is 12.4 Å². The predicted molar refractivity (Wildman–Crippen MR) is 94.2 cm³/mol. The van der Waals surface area contributed by atoms with Crippen LogP contribution in [0.4, 0.5) is 0 Å². The smallest absolute Gasteiger partial charge is 0.220 e. The van der Waals surface area contributed by atoms with Crippen LogP contribution in [0, 0.1) is 5.92 Å². The fourth-order valence-electron chi connectivity index (χ4n) is 3.81. The molecule has 0 radical (unpaired) electrons. The summed E-state index contributed by atoms with van der Waals surface area (Å²) in [5, 5.41) is 6.69. The average molecular weight is 339 g/mol. The molecule has 2 aliphatic heterocycles. The van der Waals surface area contributed by atoms with Crippen LogP contribution in [0.5, 0.6) is 5.75 Å². The Labute approximate surface area is 144 Å². The molecule has 5 heteroatoms. The Morgan fingerprint density at radius 3 is 2.48 bits per heavy atom. The maximum absolute atomic E-state index is 12.1. The third kappa shape index (κ3) is 5.11. The number of hydrogen-bond donors (Lipinski definition) is 2. The summed E-state index contributed by atoms with van der Waals surface area (Å²) in [4.78, 5) is 12.1. The van der Waals surface area contributed by atoms with Crippen molar-refractivity contribution in [1.82, 2.24) is 10.6 Å². The van der Waals surface area contributed by atoms with Gasteiger partial charge in [-0.2, -0.15) is 0 Å². The fraction of sp³-hybridized carbons (Fsp3) is 0.611. The minimum atomic E-state index is 0. The molecule has 23 heavy (non-hydrogen) atoms. The van der Waals surface area contributed by atoms with Crippen molar-refractivity contribution in [2.45, 2.75) is 50.6 Å². The molecule has 1 aromatic rings. The van der Waals surface area contributed by atoms with E-state index in [0.717, 1.165) is 12.2 Å². The summed E-state index contributed by atoms with van der Waals surface area (Å²) in [7, 11) is 1.67. The third-order valence-electron chi connectivity index (χ3n) is 4.94. The minimum Gasteiger partial charge on any atom is -0.497 e. The summed E-state index contributed by atoms with van der Waals surface area (Å²) in [6, 6.07) is 9.35. The molecule has 0 spiro atoms. The maximum atomic E-state index is 12.1. The van der Waals surface area contributed by atoms with Crippen molar-refractivity contribution >= 4 is 18.3 Å². The number of ether oxygens (including phenoxy) is 1. The second-order valence-electron chi connectivity index (χ2n) is 6.63. The number of carbonyl (C=O) groups excluding carboxylic acids is 1. The van der Waals surface area contributed by atoms with E-state index in [1.165, 1.54) is 31.2 Å². The number of carbonyl (C=O) groups is 1. The van der Waals surface area contributed by atoms with Gasteiger partial charge < -0.3 is 15.4 Å². The number of amides is 1. The zero-order valence-corrected chi connectivity index (χ0v) is 14.5. The van der Waals surface area contributed by atoms with E-state index < -0.39 is 0 Å². The van der Waals surface area contributed by atoms with Crippen LogP contribution in [-0.4, -0.2) is 31.6 Å². The van der Waals surface area contributed by atoms with Crippen molar-refractivity contribution in [2.75, 3.05) is 13.7 Å². The Balaban J connectivity index is 0.00000192. The quantitative estimate of drug-likeness (QED) is 0.838. The standard InChI is InChI=1S/C18H26N2O2.ClH/c1-22-17-6-2-13(3-7-17)8-9-19-18(21)12-14-10-15-4-5-16(11-14)20-15;/h2-3,6-7,14-16,20H,4-5,8-12H2,1H3,(H,19,21);1H. The molecule has 0 aromatic heterocycles. The molecule has 2 saturated heterocycles. The zero-order chi connectivity index (χ0) is 15.4. The number of rotatable bonds is 6. The number of halogens is 1. The molecule has 1 aromatic carbocycles. The topological polar surface area (TPSA) is 50.4 Å². The van der Waals surface area contributed by atoms with E-state index in [0.29, 0.717) is 31.0 Å². The second kappa shape index (κ2) is 8.55. The predicted octanol–water partition coefficient (Wildman–Crippen LogP) is 2.70. The van der Waals surface area contributed by atoms with E-state index in [4.69, 9.17) is 4.74 Å². The van der Waals surface area contributed by atoms with Gasteiger partial charge in [0.25, 0.3) is 0 Å². The van der Waals surface area contributed by atoms with Gasteiger partial charge in [0.1, 0.15) is 5.75 Å². The van der Waals surface area contributed by atoms with Crippen molar-refractivity contribution in [2.24, 2.45) is 5.92 Å². The molecule has 2 fully saturated rings. The van der Waals surface area contributed by atoms with Crippen LogP contribution >= 0.6 is 12.4 Å². The zero-order valence-electron chi connectivity index (χ0n) is 13.7. The van der Waals surface area contributed by atoms with Crippen LogP contribution in [0.15, 0.2) is 24.3 Å². The molecule has 2 heterocycles. The Bertz CT molecular complexity index is 494. The van der Waals surface area contributed by atoms with Gasteiger partial charge >= 0.3 is 0 Å². The summed E-state index contributed by atoms with van der Waals surface area (Å²) in [6.07, 6.45) is 6.48. The van der Waals surface area contributed by atoms with Crippen molar-refractivity contribution in [3.05, 3.63) is 29.8 Å². The van der Waals surface area contributed by atoms with E-state index >= 15 is 0 Å². The first-order valence-corrected chi connectivity index (χ1v) is 8.38. The van der Waals surface area contributed by atoms with Crippen LogP contribution in [0.1, 0.15) is 37.7 Å². The van der Waals surface area contributed by atoms with Crippen molar-refractivity contribution < 1.29 is 9.53 Å². The Morgan fingerprint density at radius 1 is 1.22 bits per heavy atom. The summed E-state index contributed by atoms with van der Waals surface area (Å²) in [5.74, 6) is 1.65. The molecular formula is C18H27ClN2O2. The normalized spacial score (nSPS) is 25.5. The Kier molecular flexibility index (Phi) is 6.72. The monoisotopic (exact) mass is 338 g/mol. The average Bonchev–Trinajstić information content (AvgIpc) is 2.87. The first-order valence-electron chi connectivity index (χ1n) is 8.38. The lowest BCUT2D eigenvalue weighted by Crippen LogP contribution is -2.39. The number of methoxy groups -OCH3 is 1. The number of benzene rings is 1. The van der Waals surface area contributed by atoms with E-state index in [-0.39, 0.29) is 18.3 Å². The highest BCUT2D eigenvalue weighted by molar-refractivity contribution is 5.85. The molecule has 4 nitrogen and oxygen atoms in total. The molecule has 128 valence electrons. The first kappa shape index (κ1) is 18.1. The maximum Gasteiger partial charge on any atom is 0.220 e. The van der Waals surface area contributed by atoms with Crippen LogP contribution in [0.2, 0.25) is 0 Å². The van der Waals surface area contributed by atoms with E-state index in [1.54, 1.807) is 7.11 Å². The highest BCUT2D eigenvalue weighted by atomic mass is 35.5. The second-order valence-corrected chi connectivity index (χ2v) is 6.63. The summed E-state index contributed by atoms with van der Waals surface area (Å²) >= 11 is 0. The third-order valence-corrected chi connectivity index (χ3v) is 4.94. The lowest BCUT2D eigenvalue weighted by atomic mass is 9.89. The minimum absolute atomic E-state index is 0. The van der Waals surface area contributed by atoms with Gasteiger partial charge in [0.15, 0.2) is 0 Å². The van der Waals surface area contributed by atoms with Crippen molar-refractivity contribution in [1.29, 1.82) is 0 Å².